The highest BCUT2D eigenvalue weighted by Crippen LogP contribution is 2.27. The van der Waals surface area contributed by atoms with E-state index in [9.17, 15) is 4.79 Å². The summed E-state index contributed by atoms with van der Waals surface area (Å²) in [4.78, 5) is 11.9. The molecule has 1 N–H and O–H groups in total. The van der Waals surface area contributed by atoms with Crippen LogP contribution in [-0.2, 0) is 9.53 Å². The number of hydrogen-bond donors (Lipinski definition) is 1. The van der Waals surface area contributed by atoms with Crippen LogP contribution in [0.25, 0.3) is 0 Å². The fraction of sp³-hybridized carbons (Fsp3) is 0.500. The second-order valence-electron chi connectivity index (χ2n) is 4.62. The number of phenols is 1. The van der Waals surface area contributed by atoms with Crippen molar-refractivity contribution in [2.75, 3.05) is 7.11 Å². The van der Waals surface area contributed by atoms with Crippen molar-refractivity contribution >= 4 is 5.97 Å². The first kappa shape index (κ1) is 12.9. The molecule has 4 nitrogen and oxygen atoms in total. The molecule has 4 heteroatoms. The zero-order chi connectivity index (χ0) is 13.0. The molecule has 1 saturated carbocycles. The van der Waals surface area contributed by atoms with Crippen molar-refractivity contribution < 1.29 is 19.4 Å². The summed E-state index contributed by atoms with van der Waals surface area (Å²) in [6.07, 6.45) is 3.73. The molecule has 98 valence electrons. The lowest BCUT2D eigenvalue weighted by molar-refractivity contribution is -0.140. The summed E-state index contributed by atoms with van der Waals surface area (Å²) in [7, 11) is 1.71. The molecule has 0 spiro atoms. The highest BCUT2D eigenvalue weighted by atomic mass is 16.5. The topological polar surface area (TPSA) is 55.8 Å². The smallest absolute Gasteiger partial charge is 0.314 e. The first-order valence-electron chi connectivity index (χ1n) is 6.22. The van der Waals surface area contributed by atoms with Crippen LogP contribution in [-0.4, -0.2) is 24.3 Å². The average molecular weight is 250 g/mol. The van der Waals surface area contributed by atoms with E-state index in [4.69, 9.17) is 14.6 Å². The fourth-order valence-corrected chi connectivity index (χ4v) is 2.25. The molecule has 0 atom stereocenters. The summed E-state index contributed by atoms with van der Waals surface area (Å²) in [5.41, 5.74) is 0. The molecule has 1 aliphatic carbocycles. The van der Waals surface area contributed by atoms with Gasteiger partial charge >= 0.3 is 5.97 Å². The van der Waals surface area contributed by atoms with Gasteiger partial charge in [0.05, 0.1) is 12.0 Å². The van der Waals surface area contributed by atoms with E-state index in [1.165, 1.54) is 12.1 Å². The van der Waals surface area contributed by atoms with Crippen molar-refractivity contribution in [1.82, 2.24) is 0 Å². The normalized spacial score (nSPS) is 23.6. The SMILES string of the molecule is COC1CCC(C(=O)Oc2ccc(O)cc2)CC1. The van der Waals surface area contributed by atoms with Crippen molar-refractivity contribution in [2.24, 2.45) is 5.92 Å². The lowest BCUT2D eigenvalue weighted by Gasteiger charge is -2.26. The van der Waals surface area contributed by atoms with Crippen molar-refractivity contribution in [3.63, 3.8) is 0 Å². The van der Waals surface area contributed by atoms with Gasteiger partial charge < -0.3 is 14.6 Å². The number of rotatable bonds is 3. The zero-order valence-corrected chi connectivity index (χ0v) is 10.5. The summed E-state index contributed by atoms with van der Waals surface area (Å²) in [6, 6.07) is 6.19. The lowest BCUT2D eigenvalue weighted by Crippen LogP contribution is -2.28. The Morgan fingerprint density at radius 3 is 2.33 bits per heavy atom. The molecule has 0 saturated heterocycles. The highest BCUT2D eigenvalue weighted by molar-refractivity contribution is 5.75. The van der Waals surface area contributed by atoms with Crippen LogP contribution in [0, 0.1) is 5.92 Å². The Labute approximate surface area is 107 Å². The molecular formula is C14H18O4. The van der Waals surface area contributed by atoms with E-state index in [0.717, 1.165) is 25.7 Å². The number of hydrogen-bond acceptors (Lipinski definition) is 4. The number of benzene rings is 1. The molecule has 0 unspecified atom stereocenters. The predicted octanol–water partition coefficient (Wildman–Crippen LogP) is 2.50. The van der Waals surface area contributed by atoms with Crippen molar-refractivity contribution in [3.8, 4) is 11.5 Å². The van der Waals surface area contributed by atoms with Gasteiger partial charge in [-0.1, -0.05) is 0 Å². The first-order valence-corrected chi connectivity index (χ1v) is 6.22. The van der Waals surface area contributed by atoms with Crippen LogP contribution in [0.4, 0.5) is 0 Å². The zero-order valence-electron chi connectivity index (χ0n) is 10.5. The molecule has 0 radical (unpaired) electrons. The Balaban J connectivity index is 1.87. The number of methoxy groups -OCH3 is 1. The van der Waals surface area contributed by atoms with Crippen molar-refractivity contribution in [2.45, 2.75) is 31.8 Å². The van der Waals surface area contributed by atoms with Crippen LogP contribution >= 0.6 is 0 Å². The maximum absolute atomic E-state index is 11.9. The van der Waals surface area contributed by atoms with E-state index < -0.39 is 0 Å². The van der Waals surface area contributed by atoms with E-state index in [1.54, 1.807) is 19.2 Å². The molecule has 1 aliphatic rings. The number of carbonyl (C=O) groups excluding carboxylic acids is 1. The van der Waals surface area contributed by atoms with Crippen LogP contribution in [0.3, 0.4) is 0 Å². The number of phenolic OH excluding ortho intramolecular Hbond substituents is 1. The molecule has 0 bridgehead atoms. The van der Waals surface area contributed by atoms with Gasteiger partial charge in [0.1, 0.15) is 11.5 Å². The van der Waals surface area contributed by atoms with Crippen LogP contribution in [0.5, 0.6) is 11.5 Å². The number of ether oxygens (including phenoxy) is 2. The molecular weight excluding hydrogens is 232 g/mol. The van der Waals surface area contributed by atoms with Gasteiger partial charge in [0, 0.05) is 7.11 Å². The summed E-state index contributed by atoms with van der Waals surface area (Å²) < 4.78 is 10.6. The minimum absolute atomic E-state index is 0.0368. The molecule has 0 aliphatic heterocycles. The Kier molecular flexibility index (Phi) is 4.20. The molecule has 2 rings (SSSR count). The van der Waals surface area contributed by atoms with Crippen LogP contribution in [0.2, 0.25) is 0 Å². The van der Waals surface area contributed by atoms with E-state index in [-0.39, 0.29) is 23.7 Å². The molecule has 0 aromatic heterocycles. The summed E-state index contributed by atoms with van der Waals surface area (Å²) in [6.45, 7) is 0. The quantitative estimate of drug-likeness (QED) is 0.661. The Morgan fingerprint density at radius 1 is 1.17 bits per heavy atom. The molecule has 1 aromatic rings. The average Bonchev–Trinajstić information content (AvgIpc) is 2.41. The van der Waals surface area contributed by atoms with E-state index in [0.29, 0.717) is 5.75 Å². The standard InChI is InChI=1S/C14H18O4/c1-17-12-6-2-10(3-7-12)14(16)18-13-8-4-11(15)5-9-13/h4-5,8-10,12,15H,2-3,6-7H2,1H3. The molecule has 1 fully saturated rings. The number of esters is 1. The predicted molar refractivity (Wildman–Crippen MR) is 66.5 cm³/mol. The van der Waals surface area contributed by atoms with Crippen LogP contribution < -0.4 is 4.74 Å². The van der Waals surface area contributed by atoms with Crippen LogP contribution in [0.15, 0.2) is 24.3 Å². The Hall–Kier alpha value is -1.55. The third-order valence-electron chi connectivity index (χ3n) is 3.40. The Bertz CT molecular complexity index is 391. The summed E-state index contributed by atoms with van der Waals surface area (Å²) >= 11 is 0. The summed E-state index contributed by atoms with van der Waals surface area (Å²) in [5.74, 6) is 0.419. The maximum atomic E-state index is 11.9. The highest BCUT2D eigenvalue weighted by Gasteiger charge is 2.27. The minimum Gasteiger partial charge on any atom is -0.508 e. The first-order chi connectivity index (χ1) is 8.69. The summed E-state index contributed by atoms with van der Waals surface area (Å²) in [5, 5.41) is 9.14. The third kappa shape index (κ3) is 3.23. The minimum atomic E-state index is -0.185. The van der Waals surface area contributed by atoms with Gasteiger partial charge in [0.25, 0.3) is 0 Å². The fourth-order valence-electron chi connectivity index (χ4n) is 2.25. The molecule has 18 heavy (non-hydrogen) atoms. The third-order valence-corrected chi connectivity index (χ3v) is 3.40. The largest absolute Gasteiger partial charge is 0.508 e. The number of aromatic hydroxyl groups is 1. The van der Waals surface area contributed by atoms with E-state index in [1.807, 2.05) is 0 Å². The van der Waals surface area contributed by atoms with Gasteiger partial charge in [-0.05, 0) is 49.9 Å². The van der Waals surface area contributed by atoms with Gasteiger partial charge in [-0.3, -0.25) is 4.79 Å². The van der Waals surface area contributed by atoms with Gasteiger partial charge in [0.15, 0.2) is 0 Å². The van der Waals surface area contributed by atoms with E-state index in [2.05, 4.69) is 0 Å². The molecule has 1 aromatic carbocycles. The Morgan fingerprint density at radius 2 is 1.78 bits per heavy atom. The van der Waals surface area contributed by atoms with Crippen molar-refractivity contribution in [1.29, 1.82) is 0 Å². The second-order valence-corrected chi connectivity index (χ2v) is 4.62. The maximum Gasteiger partial charge on any atom is 0.314 e. The molecule has 0 heterocycles. The van der Waals surface area contributed by atoms with Gasteiger partial charge in [0.2, 0.25) is 0 Å². The number of carbonyl (C=O) groups is 1. The monoisotopic (exact) mass is 250 g/mol. The second kappa shape index (κ2) is 5.87. The van der Waals surface area contributed by atoms with Gasteiger partial charge in [-0.2, -0.15) is 0 Å². The lowest BCUT2D eigenvalue weighted by atomic mass is 9.87. The van der Waals surface area contributed by atoms with E-state index >= 15 is 0 Å². The van der Waals surface area contributed by atoms with Crippen molar-refractivity contribution in [3.05, 3.63) is 24.3 Å². The van der Waals surface area contributed by atoms with Gasteiger partial charge in [-0.15, -0.1) is 0 Å². The molecule has 0 amide bonds. The van der Waals surface area contributed by atoms with Crippen LogP contribution in [0.1, 0.15) is 25.7 Å². The van der Waals surface area contributed by atoms with Gasteiger partial charge in [-0.25, -0.2) is 0 Å².